The van der Waals surface area contributed by atoms with Crippen LogP contribution in [0.3, 0.4) is 0 Å². The lowest BCUT2D eigenvalue weighted by molar-refractivity contribution is -0.141. The Kier molecular flexibility index (Phi) is 8.31. The summed E-state index contributed by atoms with van der Waals surface area (Å²) in [6.45, 7) is 16.5. The van der Waals surface area contributed by atoms with Crippen LogP contribution in [0.15, 0.2) is 24.4 Å². The van der Waals surface area contributed by atoms with Crippen molar-refractivity contribution in [2.24, 2.45) is 5.41 Å². The van der Waals surface area contributed by atoms with Gasteiger partial charge in [-0.25, -0.2) is 0 Å². The number of alkyl halides is 3. The van der Waals surface area contributed by atoms with Crippen LogP contribution in [0.5, 0.6) is 0 Å². The Bertz CT molecular complexity index is 1340. The first-order valence-electron chi connectivity index (χ1n) is 15.3. The first-order valence-corrected chi connectivity index (χ1v) is 18.2. The number of aliphatic hydroxyl groups is 1. The molecular weight excluding hydrogens is 557 g/mol. The maximum atomic E-state index is 13.3. The lowest BCUT2D eigenvalue weighted by atomic mass is 9.59. The molecule has 1 fully saturated rings. The molecule has 2 aromatic heterocycles. The van der Waals surface area contributed by atoms with E-state index in [2.05, 4.69) is 58.8 Å². The highest BCUT2D eigenvalue weighted by Gasteiger charge is 2.47. The average molecular weight is 603 g/mol. The zero-order chi connectivity index (χ0) is 30.7. The summed E-state index contributed by atoms with van der Waals surface area (Å²) in [5.41, 5.74) is 5.11. The van der Waals surface area contributed by atoms with Gasteiger partial charge in [-0.1, -0.05) is 53.2 Å². The third-order valence-electron chi connectivity index (χ3n) is 10.0. The van der Waals surface area contributed by atoms with Gasteiger partial charge in [0.2, 0.25) is 0 Å². The summed E-state index contributed by atoms with van der Waals surface area (Å²) < 4.78 is 52.8. The van der Waals surface area contributed by atoms with Gasteiger partial charge < -0.3 is 14.3 Å². The SMILES string of the molecule is CC(C)c1nc2c(c(C3=CCOCC3)c1[C@H](O)c1ccc(C(F)(F)F)nc1)[C@@H](O[Si-](C)(C)C(C)(C)C)CC1(CCC1)C2. The Morgan fingerprint density at radius 1 is 1.14 bits per heavy atom. The molecule has 1 aliphatic heterocycles. The van der Waals surface area contributed by atoms with Crippen molar-refractivity contribution < 1.29 is 27.4 Å². The molecule has 0 aromatic carbocycles. The maximum Gasteiger partial charge on any atom is 0.433 e. The summed E-state index contributed by atoms with van der Waals surface area (Å²) in [4.78, 5) is 8.98. The van der Waals surface area contributed by atoms with Crippen LogP contribution in [-0.2, 0) is 21.8 Å². The van der Waals surface area contributed by atoms with E-state index in [1.807, 2.05) is 0 Å². The third-order valence-corrected chi connectivity index (χ3v) is 14.5. The van der Waals surface area contributed by atoms with Gasteiger partial charge in [-0.05, 0) is 69.0 Å². The number of fused-ring (bicyclic) bond motifs is 1. The molecule has 0 bridgehead atoms. The van der Waals surface area contributed by atoms with Gasteiger partial charge in [0.15, 0.2) is 0 Å². The number of rotatable bonds is 6. The minimum atomic E-state index is -4.55. The van der Waals surface area contributed by atoms with Crippen LogP contribution in [0.1, 0.15) is 124 Å². The van der Waals surface area contributed by atoms with E-state index in [4.69, 9.17) is 14.1 Å². The summed E-state index contributed by atoms with van der Waals surface area (Å²) in [6.07, 6.45) is 3.34. The molecule has 0 radical (unpaired) electrons. The van der Waals surface area contributed by atoms with Gasteiger partial charge >= 0.3 is 6.18 Å². The Morgan fingerprint density at radius 3 is 2.36 bits per heavy atom. The number of hydrogen-bond acceptors (Lipinski definition) is 5. The molecule has 9 heteroatoms. The molecule has 0 unspecified atom stereocenters. The van der Waals surface area contributed by atoms with E-state index in [0.717, 1.165) is 66.0 Å². The summed E-state index contributed by atoms with van der Waals surface area (Å²) in [5, 5.41) is 12.0. The first-order chi connectivity index (χ1) is 19.5. The highest BCUT2D eigenvalue weighted by molar-refractivity contribution is 6.74. The Morgan fingerprint density at radius 2 is 1.86 bits per heavy atom. The second-order valence-corrected chi connectivity index (χ2v) is 19.1. The van der Waals surface area contributed by atoms with Gasteiger partial charge in [-0.3, -0.25) is 9.97 Å². The van der Waals surface area contributed by atoms with Crippen molar-refractivity contribution in [1.82, 2.24) is 9.97 Å². The molecule has 1 N–H and O–H groups in total. The van der Waals surface area contributed by atoms with Crippen LogP contribution in [-0.4, -0.2) is 36.6 Å². The van der Waals surface area contributed by atoms with Crippen molar-refractivity contribution in [3.05, 3.63) is 63.7 Å². The van der Waals surface area contributed by atoms with E-state index in [0.29, 0.717) is 30.8 Å². The number of hydrogen-bond donors (Lipinski definition) is 1. The number of pyridine rings is 2. The molecule has 5 nitrogen and oxygen atoms in total. The fraction of sp³-hybridized carbons (Fsp3) is 0.636. The highest BCUT2D eigenvalue weighted by Crippen LogP contribution is 2.57. The van der Waals surface area contributed by atoms with Crippen LogP contribution in [0.25, 0.3) is 5.57 Å². The van der Waals surface area contributed by atoms with Gasteiger partial charge in [-0.2, -0.15) is 13.2 Å². The molecule has 3 aliphatic rings. The van der Waals surface area contributed by atoms with Crippen LogP contribution >= 0.6 is 0 Å². The van der Waals surface area contributed by atoms with Crippen molar-refractivity contribution in [3.63, 3.8) is 0 Å². The van der Waals surface area contributed by atoms with E-state index in [9.17, 15) is 18.3 Å². The summed E-state index contributed by atoms with van der Waals surface area (Å²) in [7, 11) is -2.20. The normalized spacial score (nSPS) is 21.6. The van der Waals surface area contributed by atoms with Crippen molar-refractivity contribution in [3.8, 4) is 0 Å². The van der Waals surface area contributed by atoms with Crippen LogP contribution < -0.4 is 0 Å². The quantitative estimate of drug-likeness (QED) is 0.335. The smallest absolute Gasteiger partial charge is 0.433 e. The molecular formula is C33H45F3N2O3Si-. The highest BCUT2D eigenvalue weighted by atomic mass is 28.4. The number of nitrogens with zero attached hydrogens (tertiary/aromatic N) is 2. The minimum absolute atomic E-state index is 0.00897. The van der Waals surface area contributed by atoms with Crippen LogP contribution in [0, 0.1) is 5.41 Å². The third kappa shape index (κ3) is 5.86. The van der Waals surface area contributed by atoms with Crippen molar-refractivity contribution in [2.75, 3.05) is 13.2 Å². The molecule has 3 heterocycles. The number of ether oxygens (including phenoxy) is 1. The van der Waals surface area contributed by atoms with Gasteiger partial charge in [0, 0.05) is 40.4 Å². The second kappa shape index (κ2) is 11.1. The molecule has 42 heavy (non-hydrogen) atoms. The summed E-state index contributed by atoms with van der Waals surface area (Å²) >= 11 is 0. The molecule has 1 spiro atoms. The molecule has 1 saturated carbocycles. The predicted octanol–water partition coefficient (Wildman–Crippen LogP) is 8.68. The number of halogens is 3. The maximum absolute atomic E-state index is 13.3. The van der Waals surface area contributed by atoms with E-state index in [1.165, 1.54) is 12.5 Å². The standard InChI is InChI=1S/C33H45F3N2O3Si/c1-20(2)29-28(30(39)22-9-10-25(37-19-22)33(34,35)36)26(21-11-15-40-16-12-21)27-23(38-29)17-32(13-8-14-32)18-24(27)41-42(6,7)31(3,4)5/h9-11,19-20,24,30,39H,8,12-18H2,1-7H3/q-1/t24-,30+/m0/s1. The Balaban J connectivity index is 1.75. The largest absolute Gasteiger partial charge is 0.559 e. The number of aromatic nitrogens is 2. The monoisotopic (exact) mass is 602 g/mol. The zero-order valence-electron chi connectivity index (χ0n) is 26.0. The van der Waals surface area contributed by atoms with E-state index in [-0.39, 0.29) is 22.5 Å². The van der Waals surface area contributed by atoms with Crippen molar-refractivity contribution in [1.29, 1.82) is 0 Å². The fourth-order valence-electron chi connectivity index (χ4n) is 6.50. The lowest BCUT2D eigenvalue weighted by Crippen LogP contribution is -2.46. The average Bonchev–Trinajstić information content (AvgIpc) is 2.89. The first kappa shape index (κ1) is 31.4. The van der Waals surface area contributed by atoms with Gasteiger partial charge in [0.1, 0.15) is 11.8 Å². The zero-order valence-corrected chi connectivity index (χ0v) is 27.0. The number of aliphatic hydroxyl groups excluding tert-OH is 1. The van der Waals surface area contributed by atoms with Gasteiger partial charge in [0.05, 0.1) is 13.2 Å². The fourth-order valence-corrected chi connectivity index (χ4v) is 7.76. The Labute approximate surface area is 249 Å². The van der Waals surface area contributed by atoms with E-state index < -0.39 is 26.3 Å². The summed E-state index contributed by atoms with van der Waals surface area (Å²) in [6, 6.07) is 2.27. The molecule has 0 saturated heterocycles. The van der Waals surface area contributed by atoms with Crippen molar-refractivity contribution in [2.45, 2.75) is 116 Å². The van der Waals surface area contributed by atoms with Gasteiger partial charge in [-0.15, -0.1) is 18.1 Å². The van der Waals surface area contributed by atoms with Crippen molar-refractivity contribution >= 4 is 13.9 Å². The second-order valence-electron chi connectivity index (χ2n) is 14.3. The lowest BCUT2D eigenvalue weighted by Gasteiger charge is -2.56. The summed E-state index contributed by atoms with van der Waals surface area (Å²) in [5.74, 6) is -0.0134. The predicted molar refractivity (Wildman–Crippen MR) is 161 cm³/mol. The molecule has 2 aromatic rings. The molecule has 2 atom stereocenters. The molecule has 0 amide bonds. The van der Waals surface area contributed by atoms with Gasteiger partial charge in [0.25, 0.3) is 0 Å². The van der Waals surface area contributed by atoms with Crippen LogP contribution in [0.2, 0.25) is 18.1 Å². The molecule has 2 aliphatic carbocycles. The van der Waals surface area contributed by atoms with Crippen LogP contribution in [0.4, 0.5) is 13.2 Å². The molecule has 231 valence electrons. The van der Waals surface area contributed by atoms with E-state index in [1.54, 1.807) is 0 Å². The topological polar surface area (TPSA) is 64.5 Å². The van der Waals surface area contributed by atoms with E-state index >= 15 is 0 Å². The minimum Gasteiger partial charge on any atom is -0.559 e. The molecule has 5 rings (SSSR count). The Hall–Kier alpha value is -2.07.